The van der Waals surface area contributed by atoms with E-state index >= 15 is 0 Å². The number of carboxylic acid groups (broad SMARTS) is 1. The summed E-state index contributed by atoms with van der Waals surface area (Å²) in [4.78, 5) is 10.5. The van der Waals surface area contributed by atoms with Crippen LogP contribution >= 0.6 is 0 Å². The summed E-state index contributed by atoms with van der Waals surface area (Å²) in [7, 11) is 0. The second-order valence-electron chi connectivity index (χ2n) is 3.16. The standard InChI is InChI=1S/C8H14O2/c1-3-8(4-2)5-6(8)7(9)10/h6H,3-5H2,1-2H3,(H,9,10)/t6-/m1/s1. The summed E-state index contributed by atoms with van der Waals surface area (Å²) in [5.41, 5.74) is 0.172. The molecule has 1 atom stereocenters. The van der Waals surface area contributed by atoms with Gasteiger partial charge in [0.2, 0.25) is 0 Å². The molecule has 0 saturated heterocycles. The molecule has 1 fully saturated rings. The lowest BCUT2D eigenvalue weighted by Gasteiger charge is -2.08. The van der Waals surface area contributed by atoms with E-state index in [-0.39, 0.29) is 11.3 Å². The molecule has 1 rings (SSSR count). The van der Waals surface area contributed by atoms with E-state index in [4.69, 9.17) is 5.11 Å². The summed E-state index contributed by atoms with van der Waals surface area (Å²) in [5.74, 6) is -0.647. The topological polar surface area (TPSA) is 37.3 Å². The third-order valence-corrected chi connectivity index (χ3v) is 2.90. The monoisotopic (exact) mass is 142 g/mol. The lowest BCUT2D eigenvalue weighted by molar-refractivity contribution is -0.139. The van der Waals surface area contributed by atoms with Crippen LogP contribution in [0.2, 0.25) is 0 Å². The molecule has 0 aromatic rings. The summed E-state index contributed by atoms with van der Waals surface area (Å²) < 4.78 is 0. The van der Waals surface area contributed by atoms with E-state index in [0.717, 1.165) is 19.3 Å². The van der Waals surface area contributed by atoms with Crippen LogP contribution in [-0.4, -0.2) is 11.1 Å². The first kappa shape index (κ1) is 7.58. The molecule has 0 aliphatic heterocycles. The van der Waals surface area contributed by atoms with E-state index in [2.05, 4.69) is 13.8 Å². The summed E-state index contributed by atoms with van der Waals surface area (Å²) in [6.07, 6.45) is 2.93. The van der Waals surface area contributed by atoms with Crippen LogP contribution in [0.4, 0.5) is 0 Å². The Hall–Kier alpha value is -0.530. The van der Waals surface area contributed by atoms with Gasteiger partial charge in [0.25, 0.3) is 0 Å². The Morgan fingerprint density at radius 2 is 2.10 bits per heavy atom. The minimum Gasteiger partial charge on any atom is -0.481 e. The van der Waals surface area contributed by atoms with E-state index < -0.39 is 5.97 Å². The molecule has 0 bridgehead atoms. The Morgan fingerprint density at radius 3 is 2.20 bits per heavy atom. The predicted octanol–water partition coefficient (Wildman–Crippen LogP) is 1.90. The van der Waals surface area contributed by atoms with E-state index in [1.165, 1.54) is 0 Å². The van der Waals surface area contributed by atoms with Crippen molar-refractivity contribution in [3.8, 4) is 0 Å². The van der Waals surface area contributed by atoms with Gasteiger partial charge >= 0.3 is 5.97 Å². The summed E-state index contributed by atoms with van der Waals surface area (Å²) in [6, 6.07) is 0. The van der Waals surface area contributed by atoms with Gasteiger partial charge in [-0.1, -0.05) is 13.8 Å². The third-order valence-electron chi connectivity index (χ3n) is 2.90. The minimum absolute atomic E-state index is 0.0394. The van der Waals surface area contributed by atoms with E-state index in [9.17, 15) is 4.79 Å². The zero-order valence-corrected chi connectivity index (χ0v) is 6.55. The highest BCUT2D eigenvalue weighted by molar-refractivity contribution is 5.74. The van der Waals surface area contributed by atoms with Crippen molar-refractivity contribution in [3.05, 3.63) is 0 Å². The molecule has 1 N–H and O–H groups in total. The van der Waals surface area contributed by atoms with Gasteiger partial charge in [-0.3, -0.25) is 4.79 Å². The van der Waals surface area contributed by atoms with Crippen LogP contribution in [0.1, 0.15) is 33.1 Å². The van der Waals surface area contributed by atoms with Gasteiger partial charge in [0.1, 0.15) is 0 Å². The van der Waals surface area contributed by atoms with Crippen molar-refractivity contribution in [1.29, 1.82) is 0 Å². The fourth-order valence-corrected chi connectivity index (χ4v) is 1.73. The van der Waals surface area contributed by atoms with Gasteiger partial charge in [-0.05, 0) is 24.7 Å². The Kier molecular flexibility index (Phi) is 1.71. The first-order chi connectivity index (χ1) is 4.66. The number of rotatable bonds is 3. The molecular weight excluding hydrogens is 128 g/mol. The molecule has 1 aliphatic carbocycles. The van der Waals surface area contributed by atoms with Crippen molar-refractivity contribution in [2.45, 2.75) is 33.1 Å². The molecule has 58 valence electrons. The molecule has 2 heteroatoms. The summed E-state index contributed by atoms with van der Waals surface area (Å²) >= 11 is 0. The van der Waals surface area contributed by atoms with Crippen LogP contribution < -0.4 is 0 Å². The van der Waals surface area contributed by atoms with Crippen molar-refractivity contribution in [3.63, 3.8) is 0 Å². The maximum absolute atomic E-state index is 10.5. The molecule has 0 radical (unpaired) electrons. The predicted molar refractivity (Wildman–Crippen MR) is 38.8 cm³/mol. The third kappa shape index (κ3) is 0.917. The molecule has 0 heterocycles. The number of aliphatic carboxylic acids is 1. The molecule has 1 aliphatic rings. The smallest absolute Gasteiger partial charge is 0.307 e. The van der Waals surface area contributed by atoms with Crippen LogP contribution in [0.5, 0.6) is 0 Å². The quantitative estimate of drug-likeness (QED) is 0.653. The van der Waals surface area contributed by atoms with E-state index in [1.807, 2.05) is 0 Å². The zero-order chi connectivity index (χ0) is 7.78. The second kappa shape index (κ2) is 2.26. The van der Waals surface area contributed by atoms with Gasteiger partial charge in [-0.2, -0.15) is 0 Å². The number of carboxylic acids is 1. The average molecular weight is 142 g/mol. The molecule has 10 heavy (non-hydrogen) atoms. The van der Waals surface area contributed by atoms with Gasteiger partial charge in [0.15, 0.2) is 0 Å². The summed E-state index contributed by atoms with van der Waals surface area (Å²) in [5, 5.41) is 8.65. The second-order valence-corrected chi connectivity index (χ2v) is 3.16. The number of hydrogen-bond acceptors (Lipinski definition) is 1. The van der Waals surface area contributed by atoms with Crippen molar-refractivity contribution in [1.82, 2.24) is 0 Å². The van der Waals surface area contributed by atoms with E-state index in [1.54, 1.807) is 0 Å². The first-order valence-corrected chi connectivity index (χ1v) is 3.89. The highest BCUT2D eigenvalue weighted by Gasteiger charge is 2.55. The molecule has 0 aromatic heterocycles. The van der Waals surface area contributed by atoms with Gasteiger partial charge in [-0.25, -0.2) is 0 Å². The molecule has 0 unspecified atom stereocenters. The lowest BCUT2D eigenvalue weighted by atomic mass is 9.97. The zero-order valence-electron chi connectivity index (χ0n) is 6.55. The highest BCUT2D eigenvalue weighted by atomic mass is 16.4. The molecule has 0 spiro atoms. The van der Waals surface area contributed by atoms with Gasteiger partial charge in [0.05, 0.1) is 5.92 Å². The summed E-state index contributed by atoms with van der Waals surface area (Å²) in [6.45, 7) is 4.15. The molecule has 1 saturated carbocycles. The van der Waals surface area contributed by atoms with Crippen molar-refractivity contribution >= 4 is 5.97 Å². The lowest BCUT2D eigenvalue weighted by Crippen LogP contribution is -2.08. The average Bonchev–Trinajstić information content (AvgIpc) is 2.63. The van der Waals surface area contributed by atoms with Crippen molar-refractivity contribution in [2.24, 2.45) is 11.3 Å². The number of carbonyl (C=O) groups is 1. The van der Waals surface area contributed by atoms with E-state index in [0.29, 0.717) is 0 Å². The number of hydrogen-bond donors (Lipinski definition) is 1. The van der Waals surface area contributed by atoms with Crippen molar-refractivity contribution < 1.29 is 9.90 Å². The molecule has 0 amide bonds. The molecule has 0 aromatic carbocycles. The fraction of sp³-hybridized carbons (Fsp3) is 0.875. The van der Waals surface area contributed by atoms with Gasteiger partial charge in [0, 0.05) is 0 Å². The first-order valence-electron chi connectivity index (χ1n) is 3.89. The van der Waals surface area contributed by atoms with Crippen LogP contribution in [-0.2, 0) is 4.79 Å². The van der Waals surface area contributed by atoms with Crippen LogP contribution in [0.15, 0.2) is 0 Å². The Balaban J connectivity index is 2.53. The maximum atomic E-state index is 10.5. The minimum atomic E-state index is -0.608. The van der Waals surface area contributed by atoms with Gasteiger partial charge in [-0.15, -0.1) is 0 Å². The fourth-order valence-electron chi connectivity index (χ4n) is 1.73. The Morgan fingerprint density at radius 1 is 1.60 bits per heavy atom. The largest absolute Gasteiger partial charge is 0.481 e. The van der Waals surface area contributed by atoms with Crippen LogP contribution in [0, 0.1) is 11.3 Å². The van der Waals surface area contributed by atoms with Crippen LogP contribution in [0.3, 0.4) is 0 Å². The molecule has 2 nitrogen and oxygen atoms in total. The van der Waals surface area contributed by atoms with Gasteiger partial charge < -0.3 is 5.11 Å². The van der Waals surface area contributed by atoms with Crippen LogP contribution in [0.25, 0.3) is 0 Å². The Bertz CT molecular complexity index is 147. The highest BCUT2D eigenvalue weighted by Crippen LogP contribution is 2.57. The molecular formula is C8H14O2. The van der Waals surface area contributed by atoms with Crippen molar-refractivity contribution in [2.75, 3.05) is 0 Å². The Labute approximate surface area is 61.2 Å². The SMILES string of the molecule is CCC1(CC)C[C@@H]1C(=O)O. The normalized spacial score (nSPS) is 28.0. The maximum Gasteiger partial charge on any atom is 0.307 e.